The van der Waals surface area contributed by atoms with E-state index in [4.69, 9.17) is 0 Å². The molecule has 3 aromatic rings. The van der Waals surface area contributed by atoms with Crippen LogP contribution in [0.15, 0.2) is 65.7 Å². The van der Waals surface area contributed by atoms with Crippen LogP contribution in [0.2, 0.25) is 0 Å². The topological polar surface area (TPSA) is 99.0 Å². The predicted octanol–water partition coefficient (Wildman–Crippen LogP) is 2.97. The minimum atomic E-state index is -3.86. The number of nitrogens with zero attached hydrogens (tertiary/aromatic N) is 3. The van der Waals surface area contributed by atoms with E-state index in [9.17, 15) is 18.0 Å². The summed E-state index contributed by atoms with van der Waals surface area (Å²) in [4.78, 5) is 26.0. The molecule has 0 N–H and O–H groups in total. The molecule has 30 heavy (non-hydrogen) atoms. The van der Waals surface area contributed by atoms with Gasteiger partial charge in [-0.05, 0) is 44.0 Å². The molecule has 0 bridgehead atoms. The zero-order chi connectivity index (χ0) is 21.3. The van der Waals surface area contributed by atoms with E-state index in [0.29, 0.717) is 12.1 Å². The summed E-state index contributed by atoms with van der Waals surface area (Å²) < 4.78 is 28.0. The van der Waals surface area contributed by atoms with Crippen LogP contribution < -0.4 is 0 Å². The Balaban J connectivity index is 1.68. The van der Waals surface area contributed by atoms with Crippen molar-refractivity contribution < 1.29 is 18.0 Å². The Morgan fingerprint density at radius 1 is 1.07 bits per heavy atom. The molecule has 154 valence electrons. The number of hydrogen-bond acceptors (Lipinski definition) is 6. The third-order valence-corrected chi connectivity index (χ3v) is 7.66. The second-order valence-electron chi connectivity index (χ2n) is 7.48. The van der Waals surface area contributed by atoms with Gasteiger partial charge in [-0.2, -0.15) is 0 Å². The molecule has 0 spiro atoms. The summed E-state index contributed by atoms with van der Waals surface area (Å²) in [5.74, 6) is -2.23. The van der Waals surface area contributed by atoms with Crippen LogP contribution in [0.1, 0.15) is 35.3 Å². The lowest BCUT2D eigenvalue weighted by Gasteiger charge is -2.28. The van der Waals surface area contributed by atoms with Crippen molar-refractivity contribution in [3.05, 3.63) is 72.1 Å². The van der Waals surface area contributed by atoms with Gasteiger partial charge in [0.15, 0.2) is 15.6 Å². The van der Waals surface area contributed by atoms with Gasteiger partial charge in [0.1, 0.15) is 11.5 Å². The highest BCUT2D eigenvalue weighted by atomic mass is 32.2. The summed E-state index contributed by atoms with van der Waals surface area (Å²) in [6.45, 7) is 1.86. The van der Waals surface area contributed by atoms with E-state index < -0.39 is 26.8 Å². The zero-order valence-electron chi connectivity index (χ0n) is 16.4. The van der Waals surface area contributed by atoms with Crippen LogP contribution in [0.4, 0.5) is 0 Å². The summed E-state index contributed by atoms with van der Waals surface area (Å²) in [5, 5.41) is 6.79. The molecule has 0 unspecified atom stereocenters. The van der Waals surface area contributed by atoms with Crippen LogP contribution in [-0.2, 0) is 14.6 Å². The number of benzene rings is 2. The van der Waals surface area contributed by atoms with Gasteiger partial charge in [0, 0.05) is 6.42 Å². The second kappa shape index (κ2) is 7.95. The Morgan fingerprint density at radius 3 is 2.47 bits per heavy atom. The molecule has 0 aliphatic heterocycles. The fourth-order valence-corrected chi connectivity index (χ4v) is 5.78. The van der Waals surface area contributed by atoms with Crippen LogP contribution in [0.3, 0.4) is 0 Å². The first kappa shape index (κ1) is 20.2. The van der Waals surface area contributed by atoms with Crippen LogP contribution >= 0.6 is 0 Å². The number of ketones is 2. The maximum absolute atomic E-state index is 13.3. The molecule has 1 aliphatic rings. The van der Waals surface area contributed by atoms with Gasteiger partial charge < -0.3 is 0 Å². The molecule has 0 saturated heterocycles. The lowest BCUT2D eigenvalue weighted by Crippen LogP contribution is -2.43. The Bertz CT molecular complexity index is 1180. The van der Waals surface area contributed by atoms with E-state index in [1.807, 2.05) is 25.1 Å². The molecule has 0 radical (unpaired) electrons. The highest BCUT2D eigenvalue weighted by Crippen LogP contribution is 2.33. The summed E-state index contributed by atoms with van der Waals surface area (Å²) in [7, 11) is -3.86. The van der Waals surface area contributed by atoms with Crippen molar-refractivity contribution >= 4 is 21.4 Å². The minimum absolute atomic E-state index is 0.0109. The number of hydrogen-bond donors (Lipinski definition) is 0. The molecule has 1 saturated carbocycles. The highest BCUT2D eigenvalue weighted by Gasteiger charge is 2.45. The largest absolute Gasteiger partial charge is 0.299 e. The molecular formula is C22H21N3O4S. The SMILES string of the molecule is Cc1ccc(S(=O)(=O)[C@@H]2CCCC(=O)[C@H]2C(=O)c2cn(-c3ccccc3)nn2)cc1. The van der Waals surface area contributed by atoms with E-state index >= 15 is 0 Å². The quantitative estimate of drug-likeness (QED) is 0.462. The van der Waals surface area contributed by atoms with Crippen molar-refractivity contribution in [1.29, 1.82) is 0 Å². The summed E-state index contributed by atoms with van der Waals surface area (Å²) in [6.07, 6.45) is 2.32. The molecular weight excluding hydrogens is 402 g/mol. The number of para-hydroxylation sites is 1. The number of Topliss-reactive ketones (excluding diaryl/α,β-unsaturated/α-hetero) is 2. The molecule has 4 rings (SSSR count). The number of carbonyl (C=O) groups excluding carboxylic acids is 2. The predicted molar refractivity (Wildman–Crippen MR) is 110 cm³/mol. The fraction of sp³-hybridized carbons (Fsp3) is 0.273. The van der Waals surface area contributed by atoms with E-state index in [1.165, 1.54) is 23.0 Å². The standard InChI is InChI=1S/C22H21N3O4S/c1-15-10-12-17(13-11-15)30(28,29)20-9-5-8-19(26)21(20)22(27)18-14-25(24-23-18)16-6-3-2-4-7-16/h2-4,6-7,10-14,20-21H,5,8-9H2,1H3/t20-,21-/m1/s1. The van der Waals surface area contributed by atoms with Gasteiger partial charge in [-0.15, -0.1) is 5.10 Å². The molecule has 8 heteroatoms. The number of sulfone groups is 1. The maximum atomic E-state index is 13.3. The van der Waals surface area contributed by atoms with E-state index in [0.717, 1.165) is 5.56 Å². The van der Waals surface area contributed by atoms with Gasteiger partial charge in [-0.3, -0.25) is 9.59 Å². The van der Waals surface area contributed by atoms with Crippen LogP contribution in [0.25, 0.3) is 5.69 Å². The average Bonchev–Trinajstić information content (AvgIpc) is 3.24. The molecule has 2 atom stereocenters. The van der Waals surface area contributed by atoms with Gasteiger partial charge >= 0.3 is 0 Å². The second-order valence-corrected chi connectivity index (χ2v) is 9.65. The fourth-order valence-electron chi connectivity index (χ4n) is 3.80. The number of rotatable bonds is 5. The van der Waals surface area contributed by atoms with Gasteiger partial charge in [0.2, 0.25) is 0 Å². The van der Waals surface area contributed by atoms with Crippen molar-refractivity contribution in [3.8, 4) is 5.69 Å². The van der Waals surface area contributed by atoms with Gasteiger partial charge in [-0.25, -0.2) is 13.1 Å². The van der Waals surface area contributed by atoms with Crippen LogP contribution in [-0.4, -0.2) is 40.2 Å². The van der Waals surface area contributed by atoms with Crippen LogP contribution in [0, 0.1) is 12.8 Å². The first-order valence-corrected chi connectivity index (χ1v) is 11.3. The van der Waals surface area contributed by atoms with Crippen molar-refractivity contribution in [2.24, 2.45) is 5.92 Å². The lowest BCUT2D eigenvalue weighted by atomic mass is 9.83. The smallest absolute Gasteiger partial charge is 0.196 e. The number of aryl methyl sites for hydroxylation is 1. The molecule has 1 fully saturated rings. The Kier molecular flexibility index (Phi) is 5.34. The molecule has 1 aliphatic carbocycles. The molecule has 1 heterocycles. The van der Waals surface area contributed by atoms with Crippen molar-refractivity contribution in [1.82, 2.24) is 15.0 Å². The van der Waals surface area contributed by atoms with Crippen molar-refractivity contribution in [3.63, 3.8) is 0 Å². The lowest BCUT2D eigenvalue weighted by molar-refractivity contribution is -0.122. The summed E-state index contributed by atoms with van der Waals surface area (Å²) >= 11 is 0. The average molecular weight is 423 g/mol. The first-order valence-electron chi connectivity index (χ1n) is 9.73. The van der Waals surface area contributed by atoms with Gasteiger partial charge in [0.25, 0.3) is 0 Å². The molecule has 7 nitrogen and oxygen atoms in total. The van der Waals surface area contributed by atoms with Crippen LogP contribution in [0.5, 0.6) is 0 Å². The third kappa shape index (κ3) is 3.70. The summed E-state index contributed by atoms with van der Waals surface area (Å²) in [6, 6.07) is 15.6. The van der Waals surface area contributed by atoms with Crippen molar-refractivity contribution in [2.75, 3.05) is 0 Å². The number of aromatic nitrogens is 3. The maximum Gasteiger partial charge on any atom is 0.196 e. The highest BCUT2D eigenvalue weighted by molar-refractivity contribution is 7.92. The monoisotopic (exact) mass is 423 g/mol. The van der Waals surface area contributed by atoms with E-state index in [2.05, 4.69) is 10.3 Å². The Morgan fingerprint density at radius 2 is 1.77 bits per heavy atom. The molecule has 2 aromatic carbocycles. The Labute approximate surface area is 174 Å². The van der Waals surface area contributed by atoms with E-state index in [-0.39, 0.29) is 29.2 Å². The third-order valence-electron chi connectivity index (χ3n) is 5.43. The zero-order valence-corrected chi connectivity index (χ0v) is 17.2. The van der Waals surface area contributed by atoms with Crippen molar-refractivity contribution in [2.45, 2.75) is 36.3 Å². The van der Waals surface area contributed by atoms with Gasteiger partial charge in [0.05, 0.1) is 27.9 Å². The van der Waals surface area contributed by atoms with E-state index in [1.54, 1.807) is 24.3 Å². The summed E-state index contributed by atoms with van der Waals surface area (Å²) in [5.41, 5.74) is 1.63. The first-order chi connectivity index (χ1) is 14.4. The Hall–Kier alpha value is -3.13. The van der Waals surface area contributed by atoms with Gasteiger partial charge in [-0.1, -0.05) is 41.1 Å². The minimum Gasteiger partial charge on any atom is -0.299 e. The molecule has 1 aromatic heterocycles. The number of carbonyl (C=O) groups is 2. The normalized spacial score (nSPS) is 19.6. The molecule has 0 amide bonds.